The van der Waals surface area contributed by atoms with Gasteiger partial charge in [0.1, 0.15) is 5.60 Å². The van der Waals surface area contributed by atoms with Crippen LogP contribution in [-0.4, -0.2) is 33.0 Å². The third-order valence-corrected chi connectivity index (χ3v) is 8.54. The number of aliphatic hydroxyl groups excluding tert-OH is 1. The monoisotopic (exact) mass is 350 g/mol. The SMILES string of the molecule is CC(C)C1CCC2C1(C(=O)O)CCC1(C)C(O)C(C)(O)C=CCC21C. The molecule has 7 unspecified atom stereocenters. The smallest absolute Gasteiger partial charge is 0.310 e. The van der Waals surface area contributed by atoms with Gasteiger partial charge in [-0.1, -0.05) is 39.8 Å². The molecule has 0 bridgehead atoms. The molecule has 3 aliphatic rings. The quantitative estimate of drug-likeness (QED) is 0.665. The molecule has 2 fully saturated rings. The maximum absolute atomic E-state index is 12.6. The molecule has 0 saturated heterocycles. The van der Waals surface area contributed by atoms with Gasteiger partial charge in [-0.05, 0) is 62.2 Å². The Bertz CT molecular complexity index is 595. The second-order valence-electron chi connectivity index (χ2n) is 9.90. The Balaban J connectivity index is 2.14. The molecule has 0 radical (unpaired) electrons. The van der Waals surface area contributed by atoms with Gasteiger partial charge < -0.3 is 15.3 Å². The first-order valence-electron chi connectivity index (χ1n) is 9.75. The molecule has 25 heavy (non-hydrogen) atoms. The Kier molecular flexibility index (Phi) is 4.21. The average Bonchev–Trinajstić information content (AvgIpc) is 2.89. The Morgan fingerprint density at radius 1 is 1.12 bits per heavy atom. The highest BCUT2D eigenvalue weighted by Crippen LogP contribution is 2.71. The van der Waals surface area contributed by atoms with E-state index in [-0.39, 0.29) is 17.3 Å². The van der Waals surface area contributed by atoms with Crippen LogP contribution in [0, 0.1) is 34.0 Å². The molecule has 7 atom stereocenters. The maximum atomic E-state index is 12.6. The number of hydrogen-bond acceptors (Lipinski definition) is 3. The highest BCUT2D eigenvalue weighted by molar-refractivity contribution is 5.76. The van der Waals surface area contributed by atoms with E-state index in [0.717, 1.165) is 12.8 Å². The van der Waals surface area contributed by atoms with Crippen molar-refractivity contribution >= 4 is 5.97 Å². The van der Waals surface area contributed by atoms with E-state index in [0.29, 0.717) is 25.2 Å². The number of allylic oxidation sites excluding steroid dienone is 1. The predicted molar refractivity (Wildman–Crippen MR) is 97.0 cm³/mol. The van der Waals surface area contributed by atoms with Gasteiger partial charge in [0.05, 0.1) is 11.5 Å². The van der Waals surface area contributed by atoms with Crippen LogP contribution < -0.4 is 0 Å². The fourth-order valence-electron chi connectivity index (χ4n) is 6.96. The van der Waals surface area contributed by atoms with Crippen LogP contribution in [-0.2, 0) is 4.79 Å². The molecule has 142 valence electrons. The number of aliphatic hydroxyl groups is 2. The van der Waals surface area contributed by atoms with Crippen LogP contribution in [0.1, 0.15) is 66.7 Å². The van der Waals surface area contributed by atoms with E-state index in [1.165, 1.54) is 0 Å². The lowest BCUT2D eigenvalue weighted by atomic mass is 9.42. The van der Waals surface area contributed by atoms with E-state index in [1.54, 1.807) is 13.0 Å². The molecule has 4 nitrogen and oxygen atoms in total. The molecule has 4 heteroatoms. The van der Waals surface area contributed by atoms with Gasteiger partial charge in [0, 0.05) is 5.41 Å². The van der Waals surface area contributed by atoms with E-state index in [2.05, 4.69) is 27.7 Å². The first-order valence-corrected chi connectivity index (χ1v) is 9.75. The van der Waals surface area contributed by atoms with Gasteiger partial charge in [-0.15, -0.1) is 0 Å². The van der Waals surface area contributed by atoms with Gasteiger partial charge in [0.2, 0.25) is 0 Å². The van der Waals surface area contributed by atoms with Crippen molar-refractivity contribution in [2.75, 3.05) is 0 Å². The van der Waals surface area contributed by atoms with Gasteiger partial charge in [0.25, 0.3) is 0 Å². The van der Waals surface area contributed by atoms with Gasteiger partial charge >= 0.3 is 5.97 Å². The zero-order valence-corrected chi connectivity index (χ0v) is 16.2. The van der Waals surface area contributed by atoms with E-state index < -0.39 is 28.5 Å². The molecule has 0 spiro atoms. The van der Waals surface area contributed by atoms with Gasteiger partial charge in [-0.2, -0.15) is 0 Å². The number of carboxylic acid groups (broad SMARTS) is 1. The summed E-state index contributed by atoms with van der Waals surface area (Å²) in [6.07, 6.45) is 6.55. The summed E-state index contributed by atoms with van der Waals surface area (Å²) in [5.41, 5.74) is -2.82. The number of rotatable bonds is 2. The molecule has 0 aliphatic heterocycles. The molecular formula is C21H34O4. The van der Waals surface area contributed by atoms with Crippen molar-refractivity contribution in [2.45, 2.75) is 78.4 Å². The number of carbonyl (C=O) groups is 1. The maximum Gasteiger partial charge on any atom is 0.310 e. The number of aliphatic carboxylic acids is 1. The van der Waals surface area contributed by atoms with Crippen molar-refractivity contribution < 1.29 is 20.1 Å². The number of hydrogen-bond donors (Lipinski definition) is 3. The summed E-state index contributed by atoms with van der Waals surface area (Å²) in [4.78, 5) is 12.6. The Hall–Kier alpha value is -0.870. The largest absolute Gasteiger partial charge is 0.481 e. The third-order valence-electron chi connectivity index (χ3n) is 8.54. The van der Waals surface area contributed by atoms with Crippen LogP contribution in [0.3, 0.4) is 0 Å². The summed E-state index contributed by atoms with van der Waals surface area (Å²) in [5.74, 6) is -0.118. The fourth-order valence-corrected chi connectivity index (χ4v) is 6.96. The summed E-state index contributed by atoms with van der Waals surface area (Å²) in [6.45, 7) is 10.2. The molecule has 0 amide bonds. The highest BCUT2D eigenvalue weighted by Gasteiger charge is 2.70. The van der Waals surface area contributed by atoms with Crippen molar-refractivity contribution in [2.24, 2.45) is 34.0 Å². The molecule has 3 N–H and O–H groups in total. The number of fused-ring (bicyclic) bond motifs is 3. The van der Waals surface area contributed by atoms with E-state index >= 15 is 0 Å². The minimum atomic E-state index is -1.27. The molecule has 2 saturated carbocycles. The van der Waals surface area contributed by atoms with Crippen LogP contribution in [0.5, 0.6) is 0 Å². The fraction of sp³-hybridized carbons (Fsp3) is 0.857. The standard InChI is InChI=1S/C21H34O4/c1-13(2)14-7-8-15-18(3)9-6-10-20(5,25)16(22)19(18,4)11-12-21(14,15)17(23)24/h6,10,13-16,22,25H,7-9,11-12H2,1-5H3,(H,23,24). The van der Waals surface area contributed by atoms with Crippen molar-refractivity contribution in [3.8, 4) is 0 Å². The Morgan fingerprint density at radius 2 is 1.76 bits per heavy atom. The summed E-state index contributed by atoms with van der Waals surface area (Å²) in [7, 11) is 0. The van der Waals surface area contributed by atoms with Crippen LogP contribution in [0.25, 0.3) is 0 Å². The first-order chi connectivity index (χ1) is 11.4. The summed E-state index contributed by atoms with van der Waals surface area (Å²) >= 11 is 0. The second kappa shape index (κ2) is 5.56. The highest BCUT2D eigenvalue weighted by atomic mass is 16.4. The predicted octanol–water partition coefficient (Wildman–Crippen LogP) is 3.62. The third kappa shape index (κ3) is 2.22. The molecule has 0 aromatic heterocycles. The normalized spacial score (nSPS) is 52.6. The van der Waals surface area contributed by atoms with Crippen LogP contribution in [0.2, 0.25) is 0 Å². The van der Waals surface area contributed by atoms with Crippen LogP contribution in [0.4, 0.5) is 0 Å². The van der Waals surface area contributed by atoms with Crippen molar-refractivity contribution in [1.82, 2.24) is 0 Å². The van der Waals surface area contributed by atoms with E-state index in [9.17, 15) is 20.1 Å². The first kappa shape index (κ1) is 18.9. The second-order valence-corrected chi connectivity index (χ2v) is 9.90. The lowest BCUT2D eigenvalue weighted by Crippen LogP contribution is -2.63. The van der Waals surface area contributed by atoms with Crippen molar-refractivity contribution in [3.63, 3.8) is 0 Å². The van der Waals surface area contributed by atoms with Gasteiger partial charge in [-0.3, -0.25) is 4.79 Å². The minimum Gasteiger partial charge on any atom is -0.481 e. The molecular weight excluding hydrogens is 316 g/mol. The lowest BCUT2D eigenvalue weighted by molar-refractivity contribution is -0.208. The molecule has 3 aliphatic carbocycles. The summed E-state index contributed by atoms with van der Waals surface area (Å²) < 4.78 is 0. The topological polar surface area (TPSA) is 77.8 Å². The zero-order valence-electron chi connectivity index (χ0n) is 16.2. The summed E-state index contributed by atoms with van der Waals surface area (Å²) in [6, 6.07) is 0. The summed E-state index contributed by atoms with van der Waals surface area (Å²) in [5, 5.41) is 32.2. The zero-order chi connectivity index (χ0) is 18.8. The van der Waals surface area contributed by atoms with Crippen molar-refractivity contribution in [1.29, 1.82) is 0 Å². The minimum absolute atomic E-state index is 0.0249. The van der Waals surface area contributed by atoms with Gasteiger partial charge in [-0.25, -0.2) is 0 Å². The molecule has 0 aromatic carbocycles. The van der Waals surface area contributed by atoms with Crippen LogP contribution in [0.15, 0.2) is 12.2 Å². The van der Waals surface area contributed by atoms with E-state index in [4.69, 9.17) is 0 Å². The Morgan fingerprint density at radius 3 is 2.32 bits per heavy atom. The Labute approximate surface area is 151 Å². The van der Waals surface area contributed by atoms with Gasteiger partial charge in [0.15, 0.2) is 0 Å². The van der Waals surface area contributed by atoms with E-state index in [1.807, 2.05) is 6.08 Å². The average molecular weight is 350 g/mol. The molecule has 0 aromatic rings. The van der Waals surface area contributed by atoms with Crippen molar-refractivity contribution in [3.05, 3.63) is 12.2 Å². The number of carboxylic acids is 1. The molecule has 0 heterocycles. The molecule has 3 rings (SSSR count). The lowest BCUT2D eigenvalue weighted by Gasteiger charge is -2.61. The van der Waals surface area contributed by atoms with Crippen LogP contribution >= 0.6 is 0 Å².